The molecular formula is C11H20N2S. The Morgan fingerprint density at radius 1 is 1.50 bits per heavy atom. The average molecular weight is 212 g/mol. The van der Waals surface area contributed by atoms with Gasteiger partial charge >= 0.3 is 0 Å². The first-order chi connectivity index (χ1) is 6.61. The fourth-order valence-electron chi connectivity index (χ4n) is 1.73. The zero-order chi connectivity index (χ0) is 10.6. The molecule has 1 aromatic rings. The molecule has 80 valence electrons. The minimum atomic E-state index is 0.594. The Kier molecular flexibility index (Phi) is 4.55. The number of nitrogens with two attached hydrogens (primary N) is 1. The molecule has 0 spiro atoms. The van der Waals surface area contributed by atoms with Crippen LogP contribution in [0, 0.1) is 18.8 Å². The van der Waals surface area contributed by atoms with Crippen molar-refractivity contribution in [1.29, 1.82) is 0 Å². The third-order valence-electron chi connectivity index (χ3n) is 2.30. The van der Waals surface area contributed by atoms with Crippen LogP contribution in [0.2, 0.25) is 0 Å². The van der Waals surface area contributed by atoms with Crippen LogP contribution in [-0.4, -0.2) is 11.5 Å². The van der Waals surface area contributed by atoms with E-state index >= 15 is 0 Å². The quantitative estimate of drug-likeness (QED) is 0.815. The van der Waals surface area contributed by atoms with Gasteiger partial charge in [-0.1, -0.05) is 13.8 Å². The van der Waals surface area contributed by atoms with E-state index in [1.165, 1.54) is 12.1 Å². The first kappa shape index (κ1) is 11.7. The highest BCUT2D eigenvalue weighted by Gasteiger charge is 2.11. The summed E-state index contributed by atoms with van der Waals surface area (Å²) >= 11 is 1.72. The van der Waals surface area contributed by atoms with E-state index in [0.29, 0.717) is 5.92 Å². The summed E-state index contributed by atoms with van der Waals surface area (Å²) in [4.78, 5) is 4.47. The highest BCUT2D eigenvalue weighted by atomic mass is 32.1. The second-order valence-corrected chi connectivity index (χ2v) is 5.36. The lowest BCUT2D eigenvalue weighted by Gasteiger charge is -2.15. The second-order valence-electron chi connectivity index (χ2n) is 4.29. The van der Waals surface area contributed by atoms with Crippen LogP contribution in [0.15, 0.2) is 5.38 Å². The van der Waals surface area contributed by atoms with Gasteiger partial charge in [0.05, 0.1) is 10.7 Å². The Morgan fingerprint density at radius 3 is 2.64 bits per heavy atom. The van der Waals surface area contributed by atoms with Gasteiger partial charge in [-0.25, -0.2) is 4.98 Å². The van der Waals surface area contributed by atoms with Crippen molar-refractivity contribution in [2.24, 2.45) is 17.6 Å². The first-order valence-electron chi connectivity index (χ1n) is 5.23. The monoisotopic (exact) mass is 212 g/mol. The van der Waals surface area contributed by atoms with Gasteiger partial charge in [-0.15, -0.1) is 11.3 Å². The van der Waals surface area contributed by atoms with Gasteiger partial charge in [-0.3, -0.25) is 0 Å². The topological polar surface area (TPSA) is 38.9 Å². The summed E-state index contributed by atoms with van der Waals surface area (Å²) in [5, 5.41) is 3.30. The summed E-state index contributed by atoms with van der Waals surface area (Å²) in [6, 6.07) is 0. The molecule has 0 aliphatic heterocycles. The third kappa shape index (κ3) is 3.76. The van der Waals surface area contributed by atoms with E-state index in [4.69, 9.17) is 5.73 Å². The summed E-state index contributed by atoms with van der Waals surface area (Å²) in [6.45, 7) is 7.31. The van der Waals surface area contributed by atoms with Crippen molar-refractivity contribution in [3.8, 4) is 0 Å². The Bertz CT molecular complexity index is 268. The van der Waals surface area contributed by atoms with Gasteiger partial charge in [0.25, 0.3) is 0 Å². The summed E-state index contributed by atoms with van der Waals surface area (Å²) in [7, 11) is 0. The predicted octanol–water partition coefficient (Wildman–Crippen LogP) is 2.62. The molecule has 1 unspecified atom stereocenters. The zero-order valence-electron chi connectivity index (χ0n) is 9.29. The molecule has 14 heavy (non-hydrogen) atoms. The van der Waals surface area contributed by atoms with Crippen LogP contribution in [0.4, 0.5) is 0 Å². The van der Waals surface area contributed by atoms with Crippen molar-refractivity contribution in [3.63, 3.8) is 0 Å². The van der Waals surface area contributed by atoms with Gasteiger partial charge < -0.3 is 5.73 Å². The van der Waals surface area contributed by atoms with Gasteiger partial charge in [-0.2, -0.15) is 0 Å². The Labute approximate surface area is 90.6 Å². The second kappa shape index (κ2) is 5.47. The molecule has 0 aliphatic rings. The molecule has 3 heteroatoms. The molecule has 1 atom stereocenters. The summed E-state index contributed by atoms with van der Waals surface area (Å²) in [6.07, 6.45) is 2.24. The van der Waals surface area contributed by atoms with Crippen LogP contribution < -0.4 is 5.73 Å². The average Bonchev–Trinajstić information content (AvgIpc) is 2.49. The molecule has 0 aromatic carbocycles. The number of aromatic nitrogens is 1. The van der Waals surface area contributed by atoms with Crippen LogP contribution in [-0.2, 0) is 6.42 Å². The van der Waals surface area contributed by atoms with E-state index in [9.17, 15) is 0 Å². The van der Waals surface area contributed by atoms with Crippen molar-refractivity contribution >= 4 is 11.3 Å². The van der Waals surface area contributed by atoms with Crippen molar-refractivity contribution < 1.29 is 0 Å². The highest BCUT2D eigenvalue weighted by molar-refractivity contribution is 7.09. The predicted molar refractivity (Wildman–Crippen MR) is 62.6 cm³/mol. The molecule has 0 bridgehead atoms. The van der Waals surface area contributed by atoms with E-state index in [1.807, 2.05) is 6.92 Å². The molecule has 0 amide bonds. The minimum Gasteiger partial charge on any atom is -0.330 e. The van der Waals surface area contributed by atoms with E-state index < -0.39 is 0 Å². The van der Waals surface area contributed by atoms with Crippen LogP contribution >= 0.6 is 11.3 Å². The van der Waals surface area contributed by atoms with Crippen LogP contribution in [0.1, 0.15) is 31.0 Å². The molecule has 2 nitrogen and oxygen atoms in total. The van der Waals surface area contributed by atoms with Crippen LogP contribution in [0.3, 0.4) is 0 Å². The molecule has 1 aromatic heterocycles. The number of hydrogen-bond acceptors (Lipinski definition) is 3. The Morgan fingerprint density at radius 2 is 2.21 bits per heavy atom. The molecule has 0 saturated carbocycles. The maximum Gasteiger partial charge on any atom is 0.0897 e. The van der Waals surface area contributed by atoms with E-state index in [1.54, 1.807) is 11.3 Å². The molecule has 0 fully saturated rings. The summed E-state index contributed by atoms with van der Waals surface area (Å²) in [5.74, 6) is 1.32. The van der Waals surface area contributed by atoms with Crippen molar-refractivity contribution in [2.45, 2.75) is 33.6 Å². The normalized spacial score (nSPS) is 13.5. The lowest BCUT2D eigenvalue weighted by atomic mass is 9.93. The van der Waals surface area contributed by atoms with Gasteiger partial charge in [0.2, 0.25) is 0 Å². The molecule has 1 heterocycles. The number of hydrogen-bond donors (Lipinski definition) is 1. The maximum atomic E-state index is 5.75. The summed E-state index contributed by atoms with van der Waals surface area (Å²) < 4.78 is 0. The van der Waals surface area contributed by atoms with Crippen molar-refractivity contribution in [3.05, 3.63) is 16.1 Å². The SMILES string of the molecule is Cc1nc(CC(CN)CC(C)C)cs1. The smallest absolute Gasteiger partial charge is 0.0897 e. The molecular weight excluding hydrogens is 192 g/mol. The lowest BCUT2D eigenvalue weighted by Crippen LogP contribution is -2.19. The number of nitrogens with zero attached hydrogens (tertiary/aromatic N) is 1. The molecule has 2 N–H and O–H groups in total. The fraction of sp³-hybridized carbons (Fsp3) is 0.727. The Balaban J connectivity index is 2.48. The fourth-order valence-corrected chi connectivity index (χ4v) is 2.35. The van der Waals surface area contributed by atoms with Crippen LogP contribution in [0.5, 0.6) is 0 Å². The van der Waals surface area contributed by atoms with E-state index in [0.717, 1.165) is 23.9 Å². The lowest BCUT2D eigenvalue weighted by molar-refractivity contribution is 0.412. The van der Waals surface area contributed by atoms with Gasteiger partial charge in [0.15, 0.2) is 0 Å². The highest BCUT2D eigenvalue weighted by Crippen LogP contribution is 2.17. The standard InChI is InChI=1S/C11H20N2S/c1-8(2)4-10(6-12)5-11-7-14-9(3)13-11/h7-8,10H,4-6,12H2,1-3H3. The van der Waals surface area contributed by atoms with E-state index in [2.05, 4.69) is 24.2 Å². The van der Waals surface area contributed by atoms with Gasteiger partial charge in [0, 0.05) is 5.38 Å². The number of aryl methyl sites for hydroxylation is 1. The van der Waals surface area contributed by atoms with Crippen molar-refractivity contribution in [2.75, 3.05) is 6.54 Å². The van der Waals surface area contributed by atoms with E-state index in [-0.39, 0.29) is 0 Å². The van der Waals surface area contributed by atoms with Gasteiger partial charge in [-0.05, 0) is 38.1 Å². The third-order valence-corrected chi connectivity index (χ3v) is 3.12. The largest absolute Gasteiger partial charge is 0.330 e. The van der Waals surface area contributed by atoms with Crippen molar-refractivity contribution in [1.82, 2.24) is 4.98 Å². The maximum absolute atomic E-state index is 5.75. The molecule has 1 rings (SSSR count). The van der Waals surface area contributed by atoms with Crippen LogP contribution in [0.25, 0.3) is 0 Å². The minimum absolute atomic E-state index is 0.594. The van der Waals surface area contributed by atoms with Gasteiger partial charge in [0.1, 0.15) is 0 Å². The molecule has 0 saturated heterocycles. The Hall–Kier alpha value is -0.410. The number of thiazole rings is 1. The summed E-state index contributed by atoms with van der Waals surface area (Å²) in [5.41, 5.74) is 6.96. The molecule has 0 radical (unpaired) electrons. The first-order valence-corrected chi connectivity index (χ1v) is 6.10. The zero-order valence-corrected chi connectivity index (χ0v) is 10.1. The number of rotatable bonds is 5. The molecule has 0 aliphatic carbocycles.